The molecule has 0 saturated heterocycles. The van der Waals surface area contributed by atoms with Gasteiger partial charge in [0.25, 0.3) is 0 Å². The second kappa shape index (κ2) is 6.81. The first-order valence-electron chi connectivity index (χ1n) is 6.42. The fraction of sp³-hybridized carbons (Fsp3) is 0.267. The van der Waals surface area contributed by atoms with Crippen LogP contribution in [0.15, 0.2) is 41.0 Å². The average molecular weight is 339 g/mol. The van der Waals surface area contributed by atoms with Gasteiger partial charge in [-0.3, -0.25) is 0 Å². The second-order valence-corrected chi connectivity index (χ2v) is 5.24. The smallest absolute Gasteiger partial charge is 0.219 e. The van der Waals surface area contributed by atoms with Crippen LogP contribution in [0, 0.1) is 5.82 Å². The van der Waals surface area contributed by atoms with Gasteiger partial charge in [-0.2, -0.15) is 0 Å². The van der Waals surface area contributed by atoms with Crippen LogP contribution >= 0.6 is 15.9 Å². The zero-order valence-corrected chi connectivity index (χ0v) is 12.9. The molecule has 0 spiro atoms. The summed E-state index contributed by atoms with van der Waals surface area (Å²) >= 11 is 3.27. The van der Waals surface area contributed by atoms with Gasteiger partial charge in [0.1, 0.15) is 11.6 Å². The minimum Gasteiger partial charge on any atom is -0.438 e. The first kappa shape index (κ1) is 14.9. The molecule has 0 bridgehead atoms. The summed E-state index contributed by atoms with van der Waals surface area (Å²) < 4.78 is 19.3. The summed E-state index contributed by atoms with van der Waals surface area (Å²) in [4.78, 5) is 4.18. The van der Waals surface area contributed by atoms with E-state index in [-0.39, 0.29) is 11.9 Å². The monoisotopic (exact) mass is 338 g/mol. The lowest BCUT2D eigenvalue weighted by atomic mass is 10.1. The Morgan fingerprint density at radius 2 is 2.15 bits per heavy atom. The van der Waals surface area contributed by atoms with Crippen molar-refractivity contribution in [2.24, 2.45) is 0 Å². The van der Waals surface area contributed by atoms with Gasteiger partial charge in [-0.1, -0.05) is 6.92 Å². The van der Waals surface area contributed by atoms with Crippen molar-refractivity contribution >= 4 is 15.9 Å². The largest absolute Gasteiger partial charge is 0.438 e. The molecule has 1 aromatic carbocycles. The number of halogens is 2. The summed E-state index contributed by atoms with van der Waals surface area (Å²) in [6.07, 6.45) is 1.70. The summed E-state index contributed by atoms with van der Waals surface area (Å²) in [6.45, 7) is 5.03. The highest BCUT2D eigenvalue weighted by molar-refractivity contribution is 9.10. The molecule has 106 valence electrons. The molecule has 0 aliphatic rings. The van der Waals surface area contributed by atoms with Crippen molar-refractivity contribution in [3.63, 3.8) is 0 Å². The molecule has 0 aliphatic heterocycles. The Labute approximate surface area is 126 Å². The van der Waals surface area contributed by atoms with Gasteiger partial charge in [0.05, 0.1) is 4.47 Å². The molecule has 1 unspecified atom stereocenters. The number of ether oxygens (including phenoxy) is 1. The van der Waals surface area contributed by atoms with Crippen molar-refractivity contribution in [1.29, 1.82) is 0 Å². The van der Waals surface area contributed by atoms with Crippen LogP contribution in [0.2, 0.25) is 0 Å². The fourth-order valence-electron chi connectivity index (χ4n) is 1.84. The maximum absolute atomic E-state index is 13.0. The Bertz CT molecular complexity index is 592. The Kier molecular flexibility index (Phi) is 5.09. The predicted molar refractivity (Wildman–Crippen MR) is 80.5 cm³/mol. The van der Waals surface area contributed by atoms with Crippen molar-refractivity contribution < 1.29 is 9.13 Å². The first-order valence-corrected chi connectivity index (χ1v) is 7.21. The van der Waals surface area contributed by atoms with Crippen molar-refractivity contribution in [2.75, 3.05) is 6.54 Å². The molecule has 3 nitrogen and oxygen atoms in total. The summed E-state index contributed by atoms with van der Waals surface area (Å²) in [5.41, 5.74) is 1.09. The SMILES string of the molecule is CCNC(C)c1ccnc(Oc2ccc(F)cc2Br)c1. The van der Waals surface area contributed by atoms with Crippen LogP contribution in [0.3, 0.4) is 0 Å². The molecule has 20 heavy (non-hydrogen) atoms. The summed E-state index contributed by atoms with van der Waals surface area (Å²) in [7, 11) is 0. The van der Waals surface area contributed by atoms with Crippen LogP contribution < -0.4 is 10.1 Å². The van der Waals surface area contributed by atoms with E-state index in [1.165, 1.54) is 12.1 Å². The van der Waals surface area contributed by atoms with E-state index in [0.717, 1.165) is 12.1 Å². The normalized spacial score (nSPS) is 12.2. The minimum absolute atomic E-state index is 0.224. The van der Waals surface area contributed by atoms with Gasteiger partial charge in [-0.15, -0.1) is 0 Å². The zero-order valence-electron chi connectivity index (χ0n) is 11.4. The van der Waals surface area contributed by atoms with Gasteiger partial charge >= 0.3 is 0 Å². The zero-order chi connectivity index (χ0) is 14.5. The predicted octanol–water partition coefficient (Wildman–Crippen LogP) is 4.45. The number of hydrogen-bond donors (Lipinski definition) is 1. The second-order valence-electron chi connectivity index (χ2n) is 4.38. The van der Waals surface area contributed by atoms with Crippen molar-refractivity contribution in [2.45, 2.75) is 19.9 Å². The lowest BCUT2D eigenvalue weighted by Gasteiger charge is -2.14. The Morgan fingerprint density at radius 1 is 1.35 bits per heavy atom. The number of aromatic nitrogens is 1. The Morgan fingerprint density at radius 3 is 2.85 bits per heavy atom. The molecule has 1 heterocycles. The highest BCUT2D eigenvalue weighted by Gasteiger charge is 2.08. The highest BCUT2D eigenvalue weighted by atomic mass is 79.9. The van der Waals surface area contributed by atoms with Crippen LogP contribution in [-0.4, -0.2) is 11.5 Å². The molecule has 0 saturated carbocycles. The van der Waals surface area contributed by atoms with E-state index < -0.39 is 0 Å². The van der Waals surface area contributed by atoms with Gasteiger partial charge in [-0.05, 0) is 59.2 Å². The van der Waals surface area contributed by atoms with Crippen molar-refractivity contribution in [1.82, 2.24) is 10.3 Å². The number of nitrogens with one attached hydrogen (secondary N) is 1. The van der Waals surface area contributed by atoms with Gasteiger partial charge in [0.2, 0.25) is 5.88 Å². The van der Waals surface area contributed by atoms with E-state index in [9.17, 15) is 4.39 Å². The number of nitrogens with zero attached hydrogens (tertiary/aromatic N) is 1. The van der Waals surface area contributed by atoms with Crippen LogP contribution in [-0.2, 0) is 0 Å². The quantitative estimate of drug-likeness (QED) is 0.874. The van der Waals surface area contributed by atoms with E-state index in [2.05, 4.69) is 40.1 Å². The third kappa shape index (κ3) is 3.77. The van der Waals surface area contributed by atoms with Gasteiger partial charge in [0.15, 0.2) is 0 Å². The molecule has 2 aromatic rings. The molecule has 2 rings (SSSR count). The van der Waals surface area contributed by atoms with Crippen LogP contribution in [0.1, 0.15) is 25.5 Å². The van der Waals surface area contributed by atoms with Gasteiger partial charge in [-0.25, -0.2) is 9.37 Å². The van der Waals surface area contributed by atoms with Crippen LogP contribution in [0.25, 0.3) is 0 Å². The molecule has 0 aliphatic carbocycles. The highest BCUT2D eigenvalue weighted by Crippen LogP contribution is 2.30. The topological polar surface area (TPSA) is 34.2 Å². The number of benzene rings is 1. The minimum atomic E-state index is -0.313. The summed E-state index contributed by atoms with van der Waals surface area (Å²) in [5, 5.41) is 3.33. The van der Waals surface area contributed by atoms with Crippen molar-refractivity contribution in [3.05, 3.63) is 52.4 Å². The van der Waals surface area contributed by atoms with Crippen LogP contribution in [0.5, 0.6) is 11.6 Å². The standard InChI is InChI=1S/C15H16BrFN2O/c1-3-18-10(2)11-6-7-19-15(8-11)20-14-5-4-12(17)9-13(14)16/h4-10,18H,3H2,1-2H3. The molecule has 1 N–H and O–H groups in total. The van der Waals surface area contributed by atoms with Crippen molar-refractivity contribution in [3.8, 4) is 11.6 Å². The van der Waals surface area contributed by atoms with E-state index in [4.69, 9.17) is 4.74 Å². The number of rotatable bonds is 5. The number of pyridine rings is 1. The fourth-order valence-corrected chi connectivity index (χ4v) is 2.28. The van der Waals surface area contributed by atoms with E-state index >= 15 is 0 Å². The van der Waals surface area contributed by atoms with E-state index in [0.29, 0.717) is 16.1 Å². The molecular weight excluding hydrogens is 323 g/mol. The molecule has 5 heteroatoms. The summed E-state index contributed by atoms with van der Waals surface area (Å²) in [6, 6.07) is 8.33. The maximum atomic E-state index is 13.0. The lowest BCUT2D eigenvalue weighted by Crippen LogP contribution is -2.17. The number of hydrogen-bond acceptors (Lipinski definition) is 3. The maximum Gasteiger partial charge on any atom is 0.219 e. The summed E-state index contributed by atoms with van der Waals surface area (Å²) in [5.74, 6) is 0.707. The molecule has 0 radical (unpaired) electrons. The molecule has 1 aromatic heterocycles. The first-order chi connectivity index (χ1) is 9.60. The molecule has 0 amide bonds. The van der Waals surface area contributed by atoms with Crippen LogP contribution in [0.4, 0.5) is 4.39 Å². The third-order valence-electron chi connectivity index (χ3n) is 2.88. The Balaban J connectivity index is 2.19. The van der Waals surface area contributed by atoms with E-state index in [1.54, 1.807) is 12.3 Å². The average Bonchev–Trinajstić information content (AvgIpc) is 2.43. The lowest BCUT2D eigenvalue weighted by molar-refractivity contribution is 0.455. The van der Waals surface area contributed by atoms with E-state index in [1.807, 2.05) is 12.1 Å². The molecule has 1 atom stereocenters. The third-order valence-corrected chi connectivity index (χ3v) is 3.50. The van der Waals surface area contributed by atoms with Gasteiger partial charge in [0, 0.05) is 18.3 Å². The van der Waals surface area contributed by atoms with Gasteiger partial charge < -0.3 is 10.1 Å². The molecule has 0 fully saturated rings. The Hall–Kier alpha value is -1.46. The molecular formula is C15H16BrFN2O.